The molecule has 0 radical (unpaired) electrons. The van der Waals surface area contributed by atoms with E-state index in [-0.39, 0.29) is 10.8 Å². The molecule has 1 aromatic heterocycles. The summed E-state index contributed by atoms with van der Waals surface area (Å²) in [5.74, 6) is 0.0523. The molecule has 2 aromatic rings. The molecule has 0 spiro atoms. The number of aryl methyl sites for hydroxylation is 1. The number of phenols is 1. The molecule has 0 fully saturated rings. The smallest absolute Gasteiger partial charge is 0.139 e. The number of phenolic OH excluding ortho intramolecular Hbond substituents is 1. The second-order valence-corrected chi connectivity index (χ2v) is 4.68. The standard InChI is InChI=1S/C12H13Cl2N3O/c1-2-17-7-10(6-16-17)15-5-8-3-9(13)4-11(14)12(8)18/h3-4,6-7,15,18H,2,5H2,1H3. The number of benzene rings is 1. The molecule has 0 bridgehead atoms. The monoisotopic (exact) mass is 285 g/mol. The summed E-state index contributed by atoms with van der Waals surface area (Å²) in [5.41, 5.74) is 1.53. The second-order valence-electron chi connectivity index (χ2n) is 3.83. The zero-order chi connectivity index (χ0) is 13.1. The Hall–Kier alpha value is -1.39. The van der Waals surface area contributed by atoms with Gasteiger partial charge in [-0.2, -0.15) is 5.10 Å². The first-order chi connectivity index (χ1) is 8.60. The van der Waals surface area contributed by atoms with Gasteiger partial charge in [0.15, 0.2) is 0 Å². The molecule has 0 amide bonds. The Morgan fingerprint density at radius 1 is 1.39 bits per heavy atom. The van der Waals surface area contributed by atoms with E-state index in [1.54, 1.807) is 12.3 Å². The molecule has 0 aliphatic carbocycles. The summed E-state index contributed by atoms with van der Waals surface area (Å²) in [5, 5.41) is 17.8. The van der Waals surface area contributed by atoms with Gasteiger partial charge < -0.3 is 10.4 Å². The van der Waals surface area contributed by atoms with Crippen molar-refractivity contribution in [2.45, 2.75) is 20.0 Å². The van der Waals surface area contributed by atoms with Crippen LogP contribution in [0.4, 0.5) is 5.69 Å². The van der Waals surface area contributed by atoms with Crippen molar-refractivity contribution in [3.63, 3.8) is 0 Å². The average Bonchev–Trinajstić information content (AvgIpc) is 2.80. The number of hydrogen-bond acceptors (Lipinski definition) is 3. The van der Waals surface area contributed by atoms with Gasteiger partial charge in [-0.15, -0.1) is 0 Å². The lowest BCUT2D eigenvalue weighted by Gasteiger charge is -2.08. The van der Waals surface area contributed by atoms with E-state index in [0.717, 1.165) is 12.2 Å². The molecule has 1 aromatic carbocycles. The molecule has 0 aliphatic heterocycles. The molecule has 0 saturated heterocycles. The van der Waals surface area contributed by atoms with E-state index in [1.165, 1.54) is 6.07 Å². The average molecular weight is 286 g/mol. The Morgan fingerprint density at radius 3 is 2.83 bits per heavy atom. The largest absolute Gasteiger partial charge is 0.506 e. The van der Waals surface area contributed by atoms with Crippen molar-refractivity contribution in [1.29, 1.82) is 0 Å². The molecule has 18 heavy (non-hydrogen) atoms. The minimum atomic E-state index is 0.0523. The summed E-state index contributed by atoms with van der Waals surface area (Å²) in [6.07, 6.45) is 3.62. The zero-order valence-electron chi connectivity index (χ0n) is 9.82. The Kier molecular flexibility index (Phi) is 3.99. The lowest BCUT2D eigenvalue weighted by atomic mass is 10.2. The number of hydrogen-bond donors (Lipinski definition) is 2. The molecule has 2 rings (SSSR count). The van der Waals surface area contributed by atoms with Gasteiger partial charge in [0.25, 0.3) is 0 Å². The summed E-state index contributed by atoms with van der Waals surface area (Å²) in [7, 11) is 0. The van der Waals surface area contributed by atoms with Crippen LogP contribution in [0.15, 0.2) is 24.5 Å². The number of anilines is 1. The molecule has 6 heteroatoms. The van der Waals surface area contributed by atoms with Crippen LogP contribution in [-0.4, -0.2) is 14.9 Å². The fraction of sp³-hybridized carbons (Fsp3) is 0.250. The highest BCUT2D eigenvalue weighted by Gasteiger charge is 2.08. The third kappa shape index (κ3) is 2.89. The van der Waals surface area contributed by atoms with Gasteiger partial charge in [-0.05, 0) is 19.1 Å². The van der Waals surface area contributed by atoms with Gasteiger partial charge in [-0.3, -0.25) is 4.68 Å². The Bertz CT molecular complexity index is 554. The molecule has 0 unspecified atom stereocenters. The number of aromatic nitrogens is 2. The molecular weight excluding hydrogens is 273 g/mol. The van der Waals surface area contributed by atoms with Crippen molar-refractivity contribution in [1.82, 2.24) is 9.78 Å². The third-order valence-corrected chi connectivity index (χ3v) is 3.05. The summed E-state index contributed by atoms with van der Waals surface area (Å²) in [4.78, 5) is 0. The summed E-state index contributed by atoms with van der Waals surface area (Å²) in [6, 6.07) is 3.19. The van der Waals surface area contributed by atoms with Gasteiger partial charge in [-0.25, -0.2) is 0 Å². The predicted octanol–water partition coefficient (Wildman–Crippen LogP) is 3.53. The number of rotatable bonds is 4. The fourth-order valence-electron chi connectivity index (χ4n) is 1.58. The first-order valence-electron chi connectivity index (χ1n) is 5.53. The first-order valence-corrected chi connectivity index (χ1v) is 6.29. The Morgan fingerprint density at radius 2 is 2.17 bits per heavy atom. The van der Waals surface area contributed by atoms with Crippen molar-refractivity contribution in [2.24, 2.45) is 0 Å². The van der Waals surface area contributed by atoms with Gasteiger partial charge in [0.2, 0.25) is 0 Å². The molecule has 0 aliphatic rings. The maximum Gasteiger partial charge on any atom is 0.139 e. The highest BCUT2D eigenvalue weighted by molar-refractivity contribution is 6.35. The van der Waals surface area contributed by atoms with Crippen LogP contribution in [0.1, 0.15) is 12.5 Å². The highest BCUT2D eigenvalue weighted by Crippen LogP contribution is 2.31. The summed E-state index contributed by atoms with van der Waals surface area (Å²) < 4.78 is 1.81. The van der Waals surface area contributed by atoms with Crippen molar-refractivity contribution in [3.05, 3.63) is 40.1 Å². The quantitative estimate of drug-likeness (QED) is 0.904. The predicted molar refractivity (Wildman–Crippen MR) is 73.4 cm³/mol. The maximum atomic E-state index is 9.80. The van der Waals surface area contributed by atoms with Crippen LogP contribution >= 0.6 is 23.2 Å². The molecule has 0 saturated carbocycles. The SMILES string of the molecule is CCn1cc(NCc2cc(Cl)cc(Cl)c2O)cn1. The Balaban J connectivity index is 2.10. The van der Waals surface area contributed by atoms with E-state index in [4.69, 9.17) is 23.2 Å². The highest BCUT2D eigenvalue weighted by atomic mass is 35.5. The van der Waals surface area contributed by atoms with E-state index in [1.807, 2.05) is 17.8 Å². The number of aromatic hydroxyl groups is 1. The molecule has 2 N–H and O–H groups in total. The zero-order valence-corrected chi connectivity index (χ0v) is 11.3. The van der Waals surface area contributed by atoms with Gasteiger partial charge in [-0.1, -0.05) is 23.2 Å². The molecule has 1 heterocycles. The van der Waals surface area contributed by atoms with Crippen molar-refractivity contribution < 1.29 is 5.11 Å². The minimum Gasteiger partial charge on any atom is -0.506 e. The van der Waals surface area contributed by atoms with Gasteiger partial charge >= 0.3 is 0 Å². The van der Waals surface area contributed by atoms with Crippen molar-refractivity contribution in [2.75, 3.05) is 5.32 Å². The third-order valence-electron chi connectivity index (χ3n) is 2.55. The lowest BCUT2D eigenvalue weighted by Crippen LogP contribution is -1.99. The normalized spacial score (nSPS) is 10.6. The topological polar surface area (TPSA) is 50.1 Å². The maximum absolute atomic E-state index is 9.80. The van der Waals surface area contributed by atoms with Crippen molar-refractivity contribution >= 4 is 28.9 Å². The van der Waals surface area contributed by atoms with E-state index < -0.39 is 0 Å². The molecule has 4 nitrogen and oxygen atoms in total. The fourth-order valence-corrected chi connectivity index (χ4v) is 2.11. The van der Waals surface area contributed by atoms with Gasteiger partial charge in [0.1, 0.15) is 5.75 Å². The van der Waals surface area contributed by atoms with E-state index in [0.29, 0.717) is 17.1 Å². The van der Waals surface area contributed by atoms with E-state index in [9.17, 15) is 5.11 Å². The van der Waals surface area contributed by atoms with Crippen LogP contribution in [0.25, 0.3) is 0 Å². The van der Waals surface area contributed by atoms with Crippen LogP contribution < -0.4 is 5.32 Å². The number of nitrogens with zero attached hydrogens (tertiary/aromatic N) is 2. The lowest BCUT2D eigenvalue weighted by molar-refractivity contribution is 0.469. The van der Waals surface area contributed by atoms with Crippen LogP contribution in [-0.2, 0) is 13.1 Å². The molecule has 0 atom stereocenters. The number of nitrogens with one attached hydrogen (secondary N) is 1. The Labute approximate surface area is 115 Å². The van der Waals surface area contributed by atoms with Gasteiger partial charge in [0.05, 0.1) is 16.9 Å². The van der Waals surface area contributed by atoms with Gasteiger partial charge in [0, 0.05) is 29.9 Å². The van der Waals surface area contributed by atoms with Crippen LogP contribution in [0.3, 0.4) is 0 Å². The number of halogens is 2. The molecule has 96 valence electrons. The summed E-state index contributed by atoms with van der Waals surface area (Å²) >= 11 is 11.7. The van der Waals surface area contributed by atoms with Crippen LogP contribution in [0.2, 0.25) is 10.0 Å². The minimum absolute atomic E-state index is 0.0523. The summed E-state index contributed by atoms with van der Waals surface area (Å²) in [6.45, 7) is 3.26. The van der Waals surface area contributed by atoms with E-state index >= 15 is 0 Å². The first kappa shape index (κ1) is 13.1. The van der Waals surface area contributed by atoms with Crippen molar-refractivity contribution in [3.8, 4) is 5.75 Å². The molecular formula is C12H13Cl2N3O. The van der Waals surface area contributed by atoms with E-state index in [2.05, 4.69) is 10.4 Å². The second kappa shape index (κ2) is 5.50. The van der Waals surface area contributed by atoms with Crippen LogP contribution in [0, 0.1) is 0 Å². The van der Waals surface area contributed by atoms with Crippen LogP contribution in [0.5, 0.6) is 5.75 Å².